The summed E-state index contributed by atoms with van der Waals surface area (Å²) in [4.78, 5) is 9.83. The molecule has 1 aromatic heterocycles. The number of aryl methyl sites for hydroxylation is 1. The molecule has 0 unspecified atom stereocenters. The van der Waals surface area contributed by atoms with Crippen molar-refractivity contribution < 1.29 is 0 Å². The first-order valence-corrected chi connectivity index (χ1v) is 7.90. The number of hydrogen-bond donors (Lipinski definition) is 0. The maximum Gasteiger partial charge on any atom is 0.133 e. The molecule has 0 radical (unpaired) electrons. The summed E-state index contributed by atoms with van der Waals surface area (Å²) >= 11 is 7.63. The molecule has 1 heterocycles. The maximum absolute atomic E-state index is 6.02. The smallest absolute Gasteiger partial charge is 0.133 e. The van der Waals surface area contributed by atoms with Crippen LogP contribution in [-0.4, -0.2) is 9.97 Å². The lowest BCUT2D eigenvalue weighted by atomic mass is 9.87. The molecule has 1 aromatic carbocycles. The standard InChI is InChI=1S/C16H19ClN2S/c1-5-14-18-13(17)10-15(19-14)20-12-8-6-11(7-9-12)16(2,3)4/h6-10H,5H2,1-4H3. The Balaban J connectivity index is 2.20. The quantitative estimate of drug-likeness (QED) is 0.734. The van der Waals surface area contributed by atoms with Crippen LogP contribution in [0.1, 0.15) is 39.1 Å². The monoisotopic (exact) mass is 306 g/mol. The van der Waals surface area contributed by atoms with Crippen molar-refractivity contribution in [2.45, 2.75) is 49.5 Å². The molecule has 0 bridgehead atoms. The number of nitrogens with zero attached hydrogens (tertiary/aromatic N) is 2. The molecule has 0 aliphatic heterocycles. The fraction of sp³-hybridized carbons (Fsp3) is 0.375. The van der Waals surface area contributed by atoms with Gasteiger partial charge in [0.25, 0.3) is 0 Å². The van der Waals surface area contributed by atoms with Gasteiger partial charge in [0.2, 0.25) is 0 Å². The molecule has 2 nitrogen and oxygen atoms in total. The van der Waals surface area contributed by atoms with E-state index in [4.69, 9.17) is 11.6 Å². The first-order valence-electron chi connectivity index (χ1n) is 6.70. The third-order valence-electron chi connectivity index (χ3n) is 2.98. The Hall–Kier alpha value is -1.06. The largest absolute Gasteiger partial charge is 0.226 e. The van der Waals surface area contributed by atoms with E-state index >= 15 is 0 Å². The first-order chi connectivity index (χ1) is 9.38. The number of aromatic nitrogens is 2. The van der Waals surface area contributed by atoms with Crippen molar-refractivity contribution in [3.63, 3.8) is 0 Å². The van der Waals surface area contributed by atoms with Gasteiger partial charge in [0.05, 0.1) is 0 Å². The van der Waals surface area contributed by atoms with Gasteiger partial charge in [-0.1, -0.05) is 63.2 Å². The van der Waals surface area contributed by atoms with E-state index in [9.17, 15) is 0 Å². The zero-order chi connectivity index (χ0) is 14.8. The van der Waals surface area contributed by atoms with E-state index in [1.165, 1.54) is 5.56 Å². The van der Waals surface area contributed by atoms with E-state index in [0.29, 0.717) is 5.15 Å². The van der Waals surface area contributed by atoms with Gasteiger partial charge < -0.3 is 0 Å². The Morgan fingerprint density at radius 2 is 1.75 bits per heavy atom. The Kier molecular flexibility index (Phi) is 4.71. The van der Waals surface area contributed by atoms with Crippen molar-refractivity contribution >= 4 is 23.4 Å². The van der Waals surface area contributed by atoms with E-state index in [1.807, 2.05) is 13.0 Å². The van der Waals surface area contributed by atoms with Crippen LogP contribution in [-0.2, 0) is 11.8 Å². The van der Waals surface area contributed by atoms with Crippen LogP contribution in [0, 0.1) is 0 Å². The normalized spacial score (nSPS) is 11.7. The minimum Gasteiger partial charge on any atom is -0.226 e. The molecular weight excluding hydrogens is 288 g/mol. The van der Waals surface area contributed by atoms with E-state index in [1.54, 1.807) is 11.8 Å². The highest BCUT2D eigenvalue weighted by atomic mass is 35.5. The Bertz CT molecular complexity index is 588. The van der Waals surface area contributed by atoms with Gasteiger partial charge in [-0.15, -0.1) is 0 Å². The molecule has 2 rings (SSSR count). The van der Waals surface area contributed by atoms with Crippen molar-refractivity contribution in [3.8, 4) is 0 Å². The summed E-state index contributed by atoms with van der Waals surface area (Å²) in [5, 5.41) is 1.40. The first kappa shape index (κ1) is 15.3. The highest BCUT2D eigenvalue weighted by Gasteiger charge is 2.13. The van der Waals surface area contributed by atoms with Gasteiger partial charge in [0.15, 0.2) is 0 Å². The Morgan fingerprint density at radius 1 is 1.10 bits per heavy atom. The molecule has 2 aromatic rings. The third-order valence-corrected chi connectivity index (χ3v) is 4.10. The molecule has 0 saturated heterocycles. The second kappa shape index (κ2) is 6.15. The topological polar surface area (TPSA) is 25.8 Å². The molecule has 0 spiro atoms. The molecule has 0 N–H and O–H groups in total. The number of rotatable bonds is 3. The number of hydrogen-bond acceptors (Lipinski definition) is 3. The summed E-state index contributed by atoms with van der Waals surface area (Å²) in [6, 6.07) is 10.4. The minimum atomic E-state index is 0.177. The molecule has 0 amide bonds. The highest BCUT2D eigenvalue weighted by molar-refractivity contribution is 7.99. The van der Waals surface area contributed by atoms with Gasteiger partial charge in [0.1, 0.15) is 16.0 Å². The summed E-state index contributed by atoms with van der Waals surface area (Å²) in [5.41, 5.74) is 1.51. The van der Waals surface area contributed by atoms with Crippen LogP contribution < -0.4 is 0 Å². The predicted molar refractivity (Wildman–Crippen MR) is 85.7 cm³/mol. The lowest BCUT2D eigenvalue weighted by Crippen LogP contribution is -2.10. The van der Waals surface area contributed by atoms with E-state index in [2.05, 4.69) is 55.0 Å². The summed E-state index contributed by atoms with van der Waals surface area (Å²) < 4.78 is 0. The molecule has 20 heavy (non-hydrogen) atoms. The molecule has 0 atom stereocenters. The van der Waals surface area contributed by atoms with Gasteiger partial charge in [-0.05, 0) is 23.1 Å². The van der Waals surface area contributed by atoms with Crippen molar-refractivity contribution in [1.82, 2.24) is 9.97 Å². The van der Waals surface area contributed by atoms with E-state index in [0.717, 1.165) is 22.2 Å². The molecule has 0 fully saturated rings. The summed E-state index contributed by atoms with van der Waals surface area (Å²) in [5.74, 6) is 0.784. The van der Waals surface area contributed by atoms with E-state index in [-0.39, 0.29) is 5.41 Å². The van der Waals surface area contributed by atoms with Crippen LogP contribution in [0.4, 0.5) is 0 Å². The highest BCUT2D eigenvalue weighted by Crippen LogP contribution is 2.30. The second-order valence-electron chi connectivity index (χ2n) is 5.68. The zero-order valence-electron chi connectivity index (χ0n) is 12.3. The minimum absolute atomic E-state index is 0.177. The third kappa shape index (κ3) is 3.97. The Morgan fingerprint density at radius 3 is 2.30 bits per heavy atom. The van der Waals surface area contributed by atoms with Crippen LogP contribution >= 0.6 is 23.4 Å². The van der Waals surface area contributed by atoms with Gasteiger partial charge in [-0.25, -0.2) is 9.97 Å². The number of benzene rings is 1. The van der Waals surface area contributed by atoms with Crippen molar-refractivity contribution in [1.29, 1.82) is 0 Å². The molecule has 106 valence electrons. The fourth-order valence-corrected chi connectivity index (χ4v) is 2.90. The molecule has 0 saturated carbocycles. The predicted octanol–water partition coefficient (Wildman–Crippen LogP) is 5.14. The van der Waals surface area contributed by atoms with Crippen molar-refractivity contribution in [2.24, 2.45) is 0 Å². The zero-order valence-corrected chi connectivity index (χ0v) is 13.8. The van der Waals surface area contributed by atoms with Gasteiger partial charge >= 0.3 is 0 Å². The lowest BCUT2D eigenvalue weighted by Gasteiger charge is -2.19. The van der Waals surface area contributed by atoms with E-state index < -0.39 is 0 Å². The van der Waals surface area contributed by atoms with Gasteiger partial charge in [-0.2, -0.15) is 0 Å². The van der Waals surface area contributed by atoms with Gasteiger partial charge in [0, 0.05) is 17.4 Å². The fourth-order valence-electron chi connectivity index (χ4n) is 1.80. The SMILES string of the molecule is CCc1nc(Cl)cc(Sc2ccc(C(C)(C)C)cc2)n1. The number of halogens is 1. The average Bonchev–Trinajstić information content (AvgIpc) is 2.37. The average molecular weight is 307 g/mol. The molecule has 0 aliphatic rings. The van der Waals surface area contributed by atoms with Gasteiger partial charge in [-0.3, -0.25) is 0 Å². The van der Waals surface area contributed by atoms with Crippen LogP contribution in [0.2, 0.25) is 5.15 Å². The van der Waals surface area contributed by atoms with Crippen molar-refractivity contribution in [2.75, 3.05) is 0 Å². The summed E-state index contributed by atoms with van der Waals surface area (Å²) in [7, 11) is 0. The van der Waals surface area contributed by atoms with Crippen molar-refractivity contribution in [3.05, 3.63) is 46.9 Å². The lowest BCUT2D eigenvalue weighted by molar-refractivity contribution is 0.590. The summed E-state index contributed by atoms with van der Waals surface area (Å²) in [6.45, 7) is 8.67. The Labute approximate surface area is 130 Å². The van der Waals surface area contributed by atoms with Crippen LogP contribution in [0.3, 0.4) is 0 Å². The summed E-state index contributed by atoms with van der Waals surface area (Å²) in [6.07, 6.45) is 0.789. The van der Waals surface area contributed by atoms with Crippen LogP contribution in [0.15, 0.2) is 40.3 Å². The van der Waals surface area contributed by atoms with Crippen LogP contribution in [0.5, 0.6) is 0 Å². The maximum atomic E-state index is 6.02. The van der Waals surface area contributed by atoms with Crippen LogP contribution in [0.25, 0.3) is 0 Å². The second-order valence-corrected chi connectivity index (χ2v) is 7.16. The molecular formula is C16H19ClN2S. The molecule has 0 aliphatic carbocycles. The molecule has 4 heteroatoms.